The summed E-state index contributed by atoms with van der Waals surface area (Å²) in [5.41, 5.74) is 1.55. The number of nitrogens with one attached hydrogen (secondary N) is 1. The SMILES string of the molecule is C=CCCC(=O)N1Cc2[nH]cnc2CC1C(=O)O. The Kier molecular flexibility index (Phi) is 3.45. The fraction of sp³-hybridized carbons (Fsp3) is 0.417. The lowest BCUT2D eigenvalue weighted by Gasteiger charge is -2.32. The molecule has 1 aliphatic rings. The highest BCUT2D eigenvalue weighted by atomic mass is 16.4. The number of hydrogen-bond donors (Lipinski definition) is 2. The molecule has 6 heteroatoms. The highest BCUT2D eigenvalue weighted by molar-refractivity contribution is 5.84. The van der Waals surface area contributed by atoms with Crippen LogP contribution < -0.4 is 0 Å². The van der Waals surface area contributed by atoms with E-state index in [1.165, 1.54) is 11.2 Å². The van der Waals surface area contributed by atoms with Crippen molar-refractivity contribution in [1.82, 2.24) is 14.9 Å². The summed E-state index contributed by atoms with van der Waals surface area (Å²) in [6.07, 6.45) is 4.28. The van der Waals surface area contributed by atoms with Gasteiger partial charge in [0, 0.05) is 12.8 Å². The van der Waals surface area contributed by atoms with E-state index >= 15 is 0 Å². The van der Waals surface area contributed by atoms with Gasteiger partial charge in [-0.25, -0.2) is 9.78 Å². The third-order valence-corrected chi connectivity index (χ3v) is 3.07. The van der Waals surface area contributed by atoms with E-state index in [9.17, 15) is 14.7 Å². The topological polar surface area (TPSA) is 86.3 Å². The predicted octanol–water partition coefficient (Wildman–Crippen LogP) is 0.714. The number of carbonyl (C=O) groups is 2. The number of rotatable bonds is 4. The van der Waals surface area contributed by atoms with Crippen LogP contribution in [0.4, 0.5) is 0 Å². The summed E-state index contributed by atoms with van der Waals surface area (Å²) in [6, 6.07) is -0.821. The van der Waals surface area contributed by atoms with Gasteiger partial charge >= 0.3 is 5.97 Å². The first-order valence-electron chi connectivity index (χ1n) is 5.77. The molecule has 18 heavy (non-hydrogen) atoms. The van der Waals surface area contributed by atoms with Crippen molar-refractivity contribution in [3.8, 4) is 0 Å². The molecule has 2 rings (SSSR count). The van der Waals surface area contributed by atoms with Crippen LogP contribution in [0.5, 0.6) is 0 Å². The number of aromatic amines is 1. The van der Waals surface area contributed by atoms with Crippen molar-refractivity contribution in [2.45, 2.75) is 31.8 Å². The molecule has 0 bridgehead atoms. The summed E-state index contributed by atoms with van der Waals surface area (Å²) in [7, 11) is 0. The Balaban J connectivity index is 2.19. The summed E-state index contributed by atoms with van der Waals surface area (Å²) in [5, 5.41) is 9.19. The number of H-pyrrole nitrogens is 1. The maximum absolute atomic E-state index is 12.0. The molecule has 1 atom stereocenters. The zero-order chi connectivity index (χ0) is 13.1. The first kappa shape index (κ1) is 12.3. The third kappa shape index (κ3) is 2.27. The van der Waals surface area contributed by atoms with Gasteiger partial charge in [-0.2, -0.15) is 0 Å². The Labute approximate surface area is 104 Å². The number of fused-ring (bicyclic) bond motifs is 1. The Bertz CT molecular complexity index is 481. The molecule has 1 amide bonds. The molecule has 0 spiro atoms. The zero-order valence-electron chi connectivity index (χ0n) is 9.93. The summed E-state index contributed by atoms with van der Waals surface area (Å²) in [6.45, 7) is 3.84. The van der Waals surface area contributed by atoms with Crippen LogP contribution in [0, 0.1) is 0 Å². The van der Waals surface area contributed by atoms with E-state index in [2.05, 4.69) is 16.5 Å². The van der Waals surface area contributed by atoms with Crippen LogP contribution in [-0.2, 0) is 22.6 Å². The van der Waals surface area contributed by atoms with Gasteiger partial charge in [-0.1, -0.05) is 6.08 Å². The van der Waals surface area contributed by atoms with Gasteiger partial charge in [0.1, 0.15) is 6.04 Å². The van der Waals surface area contributed by atoms with Crippen LogP contribution in [0.15, 0.2) is 19.0 Å². The van der Waals surface area contributed by atoms with E-state index in [0.29, 0.717) is 6.42 Å². The molecule has 0 radical (unpaired) electrons. The van der Waals surface area contributed by atoms with Crippen LogP contribution in [0.1, 0.15) is 24.2 Å². The average molecular weight is 249 g/mol. The van der Waals surface area contributed by atoms with Crippen molar-refractivity contribution in [2.75, 3.05) is 0 Å². The van der Waals surface area contributed by atoms with Crippen molar-refractivity contribution in [1.29, 1.82) is 0 Å². The fourth-order valence-corrected chi connectivity index (χ4v) is 2.09. The van der Waals surface area contributed by atoms with E-state index in [4.69, 9.17) is 0 Å². The standard InChI is InChI=1S/C12H15N3O3/c1-2-3-4-11(16)15-6-9-8(13-7-14-9)5-10(15)12(17)18/h2,7,10H,1,3-6H2,(H,13,14)(H,17,18). The molecule has 1 unspecified atom stereocenters. The molecule has 2 N–H and O–H groups in total. The third-order valence-electron chi connectivity index (χ3n) is 3.07. The molecular weight excluding hydrogens is 234 g/mol. The number of carbonyl (C=O) groups excluding carboxylic acids is 1. The molecule has 1 aromatic rings. The van der Waals surface area contributed by atoms with Crippen molar-refractivity contribution in [2.24, 2.45) is 0 Å². The Morgan fingerprint density at radius 1 is 1.67 bits per heavy atom. The second-order valence-corrected chi connectivity index (χ2v) is 4.23. The van der Waals surface area contributed by atoms with Crippen LogP contribution in [0.2, 0.25) is 0 Å². The predicted molar refractivity (Wildman–Crippen MR) is 63.7 cm³/mol. The van der Waals surface area contributed by atoms with Crippen LogP contribution in [0.25, 0.3) is 0 Å². The first-order chi connectivity index (χ1) is 8.63. The van der Waals surface area contributed by atoms with Gasteiger partial charge in [-0.15, -0.1) is 6.58 Å². The summed E-state index contributed by atoms with van der Waals surface area (Å²) < 4.78 is 0. The quantitative estimate of drug-likeness (QED) is 0.769. The smallest absolute Gasteiger partial charge is 0.326 e. The number of allylic oxidation sites excluding steroid dienone is 1. The van der Waals surface area contributed by atoms with Gasteiger partial charge < -0.3 is 15.0 Å². The van der Waals surface area contributed by atoms with Crippen molar-refractivity contribution >= 4 is 11.9 Å². The maximum atomic E-state index is 12.0. The molecule has 1 aromatic heterocycles. The van der Waals surface area contributed by atoms with Gasteiger partial charge in [0.15, 0.2) is 0 Å². The van der Waals surface area contributed by atoms with Gasteiger partial charge in [0.05, 0.1) is 24.3 Å². The number of carboxylic acid groups (broad SMARTS) is 1. The number of carboxylic acids is 1. The molecule has 96 valence electrons. The van der Waals surface area contributed by atoms with Crippen molar-refractivity contribution in [3.63, 3.8) is 0 Å². The van der Waals surface area contributed by atoms with Crippen LogP contribution in [0.3, 0.4) is 0 Å². The van der Waals surface area contributed by atoms with E-state index in [0.717, 1.165) is 11.4 Å². The maximum Gasteiger partial charge on any atom is 0.326 e. The van der Waals surface area contributed by atoms with Gasteiger partial charge in [-0.3, -0.25) is 4.79 Å². The molecule has 0 saturated carbocycles. The van der Waals surface area contributed by atoms with Gasteiger partial charge in [0.25, 0.3) is 0 Å². The Morgan fingerprint density at radius 2 is 2.44 bits per heavy atom. The average Bonchev–Trinajstić information content (AvgIpc) is 2.81. The number of imidazole rings is 1. The highest BCUT2D eigenvalue weighted by Gasteiger charge is 2.35. The number of aromatic nitrogens is 2. The lowest BCUT2D eigenvalue weighted by atomic mass is 10.0. The monoisotopic (exact) mass is 249 g/mol. The Hall–Kier alpha value is -2.11. The number of aliphatic carboxylic acids is 1. The molecule has 0 aliphatic carbocycles. The molecule has 6 nitrogen and oxygen atoms in total. The van der Waals surface area contributed by atoms with Crippen LogP contribution in [-0.4, -0.2) is 37.9 Å². The summed E-state index contributed by atoms with van der Waals surface area (Å²) in [4.78, 5) is 31.6. The minimum absolute atomic E-state index is 0.164. The van der Waals surface area contributed by atoms with E-state index in [-0.39, 0.29) is 25.3 Å². The Morgan fingerprint density at radius 3 is 3.11 bits per heavy atom. The number of hydrogen-bond acceptors (Lipinski definition) is 3. The second kappa shape index (κ2) is 5.03. The molecule has 1 aliphatic heterocycles. The normalized spacial score (nSPS) is 18.2. The lowest BCUT2D eigenvalue weighted by molar-refractivity contribution is -0.151. The highest BCUT2D eigenvalue weighted by Crippen LogP contribution is 2.21. The van der Waals surface area contributed by atoms with Gasteiger partial charge in [0.2, 0.25) is 5.91 Å². The van der Waals surface area contributed by atoms with Crippen LogP contribution >= 0.6 is 0 Å². The second-order valence-electron chi connectivity index (χ2n) is 4.23. The minimum Gasteiger partial charge on any atom is -0.480 e. The molecule has 0 saturated heterocycles. The first-order valence-corrected chi connectivity index (χ1v) is 5.77. The van der Waals surface area contributed by atoms with Crippen molar-refractivity contribution in [3.05, 3.63) is 30.4 Å². The summed E-state index contributed by atoms with van der Waals surface area (Å²) in [5.74, 6) is -1.15. The van der Waals surface area contributed by atoms with E-state index in [1.54, 1.807) is 6.08 Å². The van der Waals surface area contributed by atoms with Gasteiger partial charge in [-0.05, 0) is 6.42 Å². The number of nitrogens with zero attached hydrogens (tertiary/aromatic N) is 2. The van der Waals surface area contributed by atoms with E-state index in [1.807, 2.05) is 0 Å². The largest absolute Gasteiger partial charge is 0.480 e. The minimum atomic E-state index is -0.990. The molecule has 2 heterocycles. The van der Waals surface area contributed by atoms with E-state index < -0.39 is 12.0 Å². The zero-order valence-corrected chi connectivity index (χ0v) is 9.93. The summed E-state index contributed by atoms with van der Waals surface area (Å²) >= 11 is 0. The van der Waals surface area contributed by atoms with Crippen molar-refractivity contribution < 1.29 is 14.7 Å². The lowest BCUT2D eigenvalue weighted by Crippen LogP contribution is -2.48. The molecule has 0 aromatic carbocycles. The number of amides is 1. The molecular formula is C12H15N3O3. The fourth-order valence-electron chi connectivity index (χ4n) is 2.09. The molecule has 0 fully saturated rings.